The summed E-state index contributed by atoms with van der Waals surface area (Å²) in [5.74, 6) is -0.433. The fourth-order valence-electron chi connectivity index (χ4n) is 3.17. The van der Waals surface area contributed by atoms with Gasteiger partial charge in [0.1, 0.15) is 11.6 Å². The molecule has 0 unspecified atom stereocenters. The number of hydrogen-bond donors (Lipinski definition) is 1. The number of amides is 1. The Morgan fingerprint density at radius 1 is 1.11 bits per heavy atom. The summed E-state index contributed by atoms with van der Waals surface area (Å²) in [5, 5.41) is 12.9. The molecular formula is C23H20ClN3O. The maximum atomic E-state index is 12.5. The summed E-state index contributed by atoms with van der Waals surface area (Å²) >= 11 is 6.28. The van der Waals surface area contributed by atoms with Crippen molar-refractivity contribution in [3.05, 3.63) is 87.7 Å². The molecule has 28 heavy (non-hydrogen) atoms. The number of para-hydroxylation sites is 1. The van der Waals surface area contributed by atoms with E-state index in [2.05, 4.69) is 9.88 Å². The van der Waals surface area contributed by atoms with Gasteiger partial charge in [-0.2, -0.15) is 5.26 Å². The van der Waals surface area contributed by atoms with E-state index < -0.39 is 5.91 Å². The third-order valence-electron chi connectivity index (χ3n) is 4.65. The van der Waals surface area contributed by atoms with Crippen molar-refractivity contribution in [1.29, 1.82) is 5.26 Å². The first kappa shape index (κ1) is 19.5. The van der Waals surface area contributed by atoms with Crippen molar-refractivity contribution < 1.29 is 4.79 Å². The minimum absolute atomic E-state index is 0.0481. The zero-order chi connectivity index (χ0) is 20.3. The number of aromatic nitrogens is 1. The van der Waals surface area contributed by atoms with Crippen molar-refractivity contribution in [3.8, 4) is 11.8 Å². The van der Waals surface area contributed by atoms with Gasteiger partial charge in [0.15, 0.2) is 0 Å². The molecule has 3 rings (SSSR count). The molecule has 0 bridgehead atoms. The van der Waals surface area contributed by atoms with Gasteiger partial charge in [-0.25, -0.2) is 0 Å². The first-order valence-electron chi connectivity index (χ1n) is 8.85. The Kier molecular flexibility index (Phi) is 5.67. The van der Waals surface area contributed by atoms with Crippen molar-refractivity contribution in [1.82, 2.24) is 4.57 Å². The predicted octanol–water partition coefficient (Wildman–Crippen LogP) is 5.60. The predicted molar refractivity (Wildman–Crippen MR) is 114 cm³/mol. The number of hydrogen-bond acceptors (Lipinski definition) is 2. The normalized spacial score (nSPS) is 11.2. The number of nitrogens with one attached hydrogen (secondary N) is 1. The van der Waals surface area contributed by atoms with Crippen LogP contribution < -0.4 is 5.32 Å². The first-order valence-corrected chi connectivity index (χ1v) is 9.22. The highest BCUT2D eigenvalue weighted by molar-refractivity contribution is 6.31. The molecule has 140 valence electrons. The molecule has 4 nitrogen and oxygen atoms in total. The standard InChI is InChI=1S/C23H20ClN3O/c1-15-12-18(17(3)27(15)22-11-7-10-21(24)16(22)2)13-19(14-25)23(28)26-20-8-5-4-6-9-20/h4-13H,1-3H3,(H,26,28). The molecule has 2 aromatic carbocycles. The van der Waals surface area contributed by atoms with Gasteiger partial charge in [-0.1, -0.05) is 35.9 Å². The summed E-state index contributed by atoms with van der Waals surface area (Å²) in [4.78, 5) is 12.5. The first-order chi connectivity index (χ1) is 13.4. The molecule has 0 aliphatic rings. The van der Waals surface area contributed by atoms with Crippen LogP contribution in [0.25, 0.3) is 11.8 Å². The monoisotopic (exact) mass is 389 g/mol. The Morgan fingerprint density at radius 2 is 1.82 bits per heavy atom. The van der Waals surface area contributed by atoms with Gasteiger partial charge in [-0.05, 0) is 68.3 Å². The van der Waals surface area contributed by atoms with E-state index in [9.17, 15) is 10.1 Å². The van der Waals surface area contributed by atoms with Crippen LogP contribution in [0.2, 0.25) is 5.02 Å². The zero-order valence-electron chi connectivity index (χ0n) is 16.0. The lowest BCUT2D eigenvalue weighted by molar-refractivity contribution is -0.112. The summed E-state index contributed by atoms with van der Waals surface area (Å²) in [6.45, 7) is 5.92. The molecule has 0 aliphatic carbocycles. The van der Waals surface area contributed by atoms with E-state index in [1.807, 2.05) is 69.3 Å². The van der Waals surface area contributed by atoms with E-state index in [4.69, 9.17) is 11.6 Å². The summed E-state index contributed by atoms with van der Waals surface area (Å²) in [6, 6.07) is 18.8. The Labute approximate surface area is 169 Å². The molecule has 1 aromatic heterocycles. The highest BCUT2D eigenvalue weighted by atomic mass is 35.5. The SMILES string of the molecule is Cc1c(Cl)cccc1-n1c(C)cc(C=C(C#N)C(=O)Nc2ccccc2)c1C. The number of nitriles is 1. The fraction of sp³-hybridized carbons (Fsp3) is 0.130. The van der Waals surface area contributed by atoms with Crippen LogP contribution in [0.3, 0.4) is 0 Å². The smallest absolute Gasteiger partial charge is 0.266 e. The number of halogens is 1. The molecule has 0 radical (unpaired) electrons. The second kappa shape index (κ2) is 8.16. The van der Waals surface area contributed by atoms with E-state index in [1.54, 1.807) is 18.2 Å². The lowest BCUT2D eigenvalue weighted by Crippen LogP contribution is -2.13. The molecule has 0 spiro atoms. The molecule has 0 fully saturated rings. The molecule has 0 saturated carbocycles. The Hall–Kier alpha value is -3.29. The van der Waals surface area contributed by atoms with Crippen LogP contribution in [0.5, 0.6) is 0 Å². The van der Waals surface area contributed by atoms with Crippen LogP contribution in [-0.2, 0) is 4.79 Å². The maximum absolute atomic E-state index is 12.5. The summed E-state index contributed by atoms with van der Waals surface area (Å²) in [7, 11) is 0. The van der Waals surface area contributed by atoms with Gasteiger partial charge in [-0.15, -0.1) is 0 Å². The second-order valence-electron chi connectivity index (χ2n) is 6.54. The van der Waals surface area contributed by atoms with Crippen LogP contribution in [0, 0.1) is 32.1 Å². The Balaban J connectivity index is 1.99. The van der Waals surface area contributed by atoms with Gasteiger partial charge in [0.05, 0.1) is 0 Å². The van der Waals surface area contributed by atoms with Crippen molar-refractivity contribution in [3.63, 3.8) is 0 Å². The number of carbonyl (C=O) groups is 1. The quantitative estimate of drug-likeness (QED) is 0.466. The highest BCUT2D eigenvalue weighted by Gasteiger charge is 2.15. The van der Waals surface area contributed by atoms with E-state index in [0.717, 1.165) is 28.2 Å². The zero-order valence-corrected chi connectivity index (χ0v) is 16.7. The molecule has 0 saturated heterocycles. The number of rotatable bonds is 4. The Bertz CT molecular complexity index is 1100. The lowest BCUT2D eigenvalue weighted by atomic mass is 10.1. The molecule has 1 N–H and O–H groups in total. The van der Waals surface area contributed by atoms with E-state index in [-0.39, 0.29) is 5.57 Å². The summed E-state index contributed by atoms with van der Waals surface area (Å²) in [6.07, 6.45) is 1.62. The van der Waals surface area contributed by atoms with Crippen LogP contribution >= 0.6 is 11.6 Å². The number of carbonyl (C=O) groups excluding carboxylic acids is 1. The molecule has 5 heteroatoms. The van der Waals surface area contributed by atoms with Gasteiger partial charge in [0.25, 0.3) is 5.91 Å². The summed E-state index contributed by atoms with van der Waals surface area (Å²) < 4.78 is 2.08. The molecule has 1 amide bonds. The highest BCUT2D eigenvalue weighted by Crippen LogP contribution is 2.28. The van der Waals surface area contributed by atoms with Crippen molar-refractivity contribution in [2.45, 2.75) is 20.8 Å². The second-order valence-corrected chi connectivity index (χ2v) is 6.94. The van der Waals surface area contributed by atoms with E-state index in [0.29, 0.717) is 10.7 Å². The minimum Gasteiger partial charge on any atom is -0.321 e. The van der Waals surface area contributed by atoms with Crippen LogP contribution in [0.15, 0.2) is 60.2 Å². The summed E-state index contributed by atoms with van der Waals surface area (Å²) in [5.41, 5.74) is 5.40. The average Bonchev–Trinajstić information content (AvgIpc) is 2.96. The van der Waals surface area contributed by atoms with Gasteiger partial charge in [0, 0.05) is 27.8 Å². The third kappa shape index (κ3) is 3.85. The lowest BCUT2D eigenvalue weighted by Gasteiger charge is -2.13. The topological polar surface area (TPSA) is 57.8 Å². The maximum Gasteiger partial charge on any atom is 0.266 e. The van der Waals surface area contributed by atoms with Gasteiger partial charge in [0.2, 0.25) is 0 Å². The van der Waals surface area contributed by atoms with Gasteiger partial charge >= 0.3 is 0 Å². The van der Waals surface area contributed by atoms with E-state index in [1.165, 1.54) is 0 Å². The van der Waals surface area contributed by atoms with Crippen molar-refractivity contribution in [2.75, 3.05) is 5.32 Å². The largest absolute Gasteiger partial charge is 0.321 e. The van der Waals surface area contributed by atoms with E-state index >= 15 is 0 Å². The molecule has 1 heterocycles. The number of benzene rings is 2. The van der Waals surface area contributed by atoms with Gasteiger partial charge < -0.3 is 9.88 Å². The van der Waals surface area contributed by atoms with Crippen molar-refractivity contribution in [2.24, 2.45) is 0 Å². The Morgan fingerprint density at radius 3 is 2.50 bits per heavy atom. The minimum atomic E-state index is -0.433. The molecule has 0 atom stereocenters. The third-order valence-corrected chi connectivity index (χ3v) is 5.06. The number of aryl methyl sites for hydroxylation is 1. The number of nitrogens with zero attached hydrogens (tertiary/aromatic N) is 2. The molecule has 3 aromatic rings. The molecular weight excluding hydrogens is 370 g/mol. The van der Waals surface area contributed by atoms with Crippen molar-refractivity contribution >= 4 is 29.3 Å². The van der Waals surface area contributed by atoms with Gasteiger partial charge in [-0.3, -0.25) is 4.79 Å². The fourth-order valence-corrected chi connectivity index (χ4v) is 3.34. The molecule has 0 aliphatic heterocycles. The van der Waals surface area contributed by atoms with Crippen LogP contribution in [0.1, 0.15) is 22.5 Å². The van der Waals surface area contributed by atoms with Crippen LogP contribution in [-0.4, -0.2) is 10.5 Å². The number of anilines is 1. The van der Waals surface area contributed by atoms with Crippen LogP contribution in [0.4, 0.5) is 5.69 Å². The average molecular weight is 390 g/mol.